The van der Waals surface area contributed by atoms with Crippen LogP contribution in [0.5, 0.6) is 0 Å². The predicted molar refractivity (Wildman–Crippen MR) is 86.5 cm³/mol. The monoisotopic (exact) mass is 321 g/mol. The van der Waals surface area contributed by atoms with Gasteiger partial charge in [0, 0.05) is 6.54 Å². The lowest BCUT2D eigenvalue weighted by molar-refractivity contribution is 0.565. The van der Waals surface area contributed by atoms with Gasteiger partial charge in [-0.05, 0) is 35.6 Å². The van der Waals surface area contributed by atoms with Crippen LogP contribution in [0.15, 0.2) is 54.6 Å². The zero-order valence-corrected chi connectivity index (χ0v) is 13.3. The van der Waals surface area contributed by atoms with Crippen molar-refractivity contribution in [3.8, 4) is 0 Å². The molecular weight excluding hydrogens is 301 g/mol. The second-order valence-corrected chi connectivity index (χ2v) is 7.06. The number of nitrogens with one attached hydrogen (secondary N) is 1. The molecule has 0 radical (unpaired) electrons. The first-order chi connectivity index (χ1) is 10.5. The van der Waals surface area contributed by atoms with Gasteiger partial charge in [0.15, 0.2) is 0 Å². The Morgan fingerprint density at radius 1 is 1.05 bits per heavy atom. The molecule has 1 atom stereocenters. The number of sulfonamides is 1. The van der Waals surface area contributed by atoms with Crippen molar-refractivity contribution in [1.29, 1.82) is 0 Å². The van der Waals surface area contributed by atoms with Gasteiger partial charge in [-0.1, -0.05) is 49.4 Å². The van der Waals surface area contributed by atoms with Gasteiger partial charge in [0.05, 0.1) is 5.75 Å². The van der Waals surface area contributed by atoms with Crippen molar-refractivity contribution in [3.63, 3.8) is 0 Å². The Labute approximate surface area is 131 Å². The lowest BCUT2D eigenvalue weighted by atomic mass is 9.97. The summed E-state index contributed by atoms with van der Waals surface area (Å²) in [4.78, 5) is 0. The molecule has 0 saturated heterocycles. The quantitative estimate of drug-likeness (QED) is 0.849. The Kier molecular flexibility index (Phi) is 5.69. The van der Waals surface area contributed by atoms with Gasteiger partial charge in [-0.3, -0.25) is 0 Å². The van der Waals surface area contributed by atoms with Crippen LogP contribution in [-0.4, -0.2) is 15.0 Å². The van der Waals surface area contributed by atoms with Crippen LogP contribution in [0.2, 0.25) is 0 Å². The SMILES string of the molecule is CC[C@H](CNS(=O)(=O)Cc1ccc(F)cc1)c1ccccc1. The van der Waals surface area contributed by atoms with Gasteiger partial charge in [-0.2, -0.15) is 0 Å². The predicted octanol–water partition coefficient (Wildman–Crippen LogP) is 3.44. The van der Waals surface area contributed by atoms with Gasteiger partial charge < -0.3 is 0 Å². The van der Waals surface area contributed by atoms with E-state index in [9.17, 15) is 12.8 Å². The van der Waals surface area contributed by atoms with Gasteiger partial charge in [0.25, 0.3) is 0 Å². The van der Waals surface area contributed by atoms with Crippen LogP contribution in [0.3, 0.4) is 0 Å². The molecule has 0 saturated carbocycles. The normalized spacial score (nSPS) is 13.0. The average Bonchev–Trinajstić information content (AvgIpc) is 2.51. The molecule has 0 amide bonds. The molecule has 0 aromatic heterocycles. The third-order valence-corrected chi connectivity index (χ3v) is 4.90. The number of hydrogen-bond acceptors (Lipinski definition) is 2. The summed E-state index contributed by atoms with van der Waals surface area (Å²) in [5.41, 5.74) is 1.69. The summed E-state index contributed by atoms with van der Waals surface area (Å²) in [6.07, 6.45) is 0.850. The van der Waals surface area contributed by atoms with Crippen molar-refractivity contribution in [2.75, 3.05) is 6.54 Å². The maximum atomic E-state index is 12.8. The Balaban J connectivity index is 1.98. The van der Waals surface area contributed by atoms with Crippen molar-refractivity contribution in [2.45, 2.75) is 25.0 Å². The molecule has 0 heterocycles. The highest BCUT2D eigenvalue weighted by Crippen LogP contribution is 2.18. The van der Waals surface area contributed by atoms with Crippen molar-refractivity contribution in [2.24, 2.45) is 0 Å². The number of hydrogen-bond donors (Lipinski definition) is 1. The summed E-state index contributed by atoms with van der Waals surface area (Å²) in [6.45, 7) is 2.40. The summed E-state index contributed by atoms with van der Waals surface area (Å²) in [7, 11) is -3.43. The summed E-state index contributed by atoms with van der Waals surface area (Å²) >= 11 is 0. The van der Waals surface area contributed by atoms with Gasteiger partial charge in [0.2, 0.25) is 10.0 Å². The average molecular weight is 321 g/mol. The minimum absolute atomic E-state index is 0.140. The third kappa shape index (κ3) is 4.93. The molecule has 0 aliphatic rings. The van der Waals surface area contributed by atoms with Gasteiger partial charge in [-0.15, -0.1) is 0 Å². The van der Waals surface area contributed by atoms with Crippen LogP contribution in [0.1, 0.15) is 30.4 Å². The summed E-state index contributed by atoms with van der Waals surface area (Å²) < 4.78 is 39.8. The molecular formula is C17H20FNO2S. The Morgan fingerprint density at radius 2 is 1.68 bits per heavy atom. The fraction of sp³-hybridized carbons (Fsp3) is 0.294. The van der Waals surface area contributed by atoms with E-state index in [4.69, 9.17) is 0 Å². The van der Waals surface area contributed by atoms with Crippen LogP contribution in [0.4, 0.5) is 4.39 Å². The van der Waals surface area contributed by atoms with E-state index in [-0.39, 0.29) is 17.5 Å². The Bertz CT molecular complexity index is 684. The first-order valence-electron chi connectivity index (χ1n) is 7.27. The van der Waals surface area contributed by atoms with Crippen LogP contribution < -0.4 is 4.72 Å². The molecule has 22 heavy (non-hydrogen) atoms. The Morgan fingerprint density at radius 3 is 2.27 bits per heavy atom. The molecule has 0 bridgehead atoms. The van der Waals surface area contributed by atoms with E-state index < -0.39 is 10.0 Å². The standard InChI is InChI=1S/C17H20FNO2S/c1-2-15(16-6-4-3-5-7-16)12-19-22(20,21)13-14-8-10-17(18)11-9-14/h3-11,15,19H,2,12-13H2,1H3/t15-/m1/s1. The van der Waals surface area contributed by atoms with Crippen LogP contribution in [0.25, 0.3) is 0 Å². The van der Waals surface area contributed by atoms with Gasteiger partial charge >= 0.3 is 0 Å². The van der Waals surface area contributed by atoms with Gasteiger partial charge in [0.1, 0.15) is 5.82 Å². The van der Waals surface area contributed by atoms with Crippen molar-refractivity contribution < 1.29 is 12.8 Å². The molecule has 1 N–H and O–H groups in total. The zero-order valence-electron chi connectivity index (χ0n) is 12.5. The Hall–Kier alpha value is -1.72. The minimum atomic E-state index is -3.43. The summed E-state index contributed by atoms with van der Waals surface area (Å²) in [5.74, 6) is -0.369. The molecule has 0 aliphatic carbocycles. The molecule has 2 aromatic rings. The fourth-order valence-electron chi connectivity index (χ4n) is 2.30. The van der Waals surface area contributed by atoms with E-state index in [1.807, 2.05) is 37.3 Å². The van der Waals surface area contributed by atoms with E-state index in [1.165, 1.54) is 24.3 Å². The maximum absolute atomic E-state index is 12.8. The molecule has 5 heteroatoms. The highest BCUT2D eigenvalue weighted by molar-refractivity contribution is 7.88. The lowest BCUT2D eigenvalue weighted by Gasteiger charge is -2.16. The minimum Gasteiger partial charge on any atom is -0.214 e. The summed E-state index contributed by atoms with van der Waals surface area (Å²) in [5, 5.41) is 0. The smallest absolute Gasteiger partial charge is 0.214 e. The number of benzene rings is 2. The highest BCUT2D eigenvalue weighted by Gasteiger charge is 2.15. The fourth-order valence-corrected chi connectivity index (χ4v) is 3.49. The van der Waals surface area contributed by atoms with E-state index >= 15 is 0 Å². The van der Waals surface area contributed by atoms with Gasteiger partial charge in [-0.25, -0.2) is 17.5 Å². The lowest BCUT2D eigenvalue weighted by Crippen LogP contribution is -2.29. The second kappa shape index (κ2) is 7.51. The molecule has 0 unspecified atom stereocenters. The highest BCUT2D eigenvalue weighted by atomic mass is 32.2. The van der Waals surface area contributed by atoms with E-state index in [2.05, 4.69) is 4.72 Å². The molecule has 2 rings (SSSR count). The van der Waals surface area contributed by atoms with E-state index in [1.54, 1.807) is 0 Å². The molecule has 118 valence electrons. The number of rotatable bonds is 7. The molecule has 0 aliphatic heterocycles. The maximum Gasteiger partial charge on any atom is 0.215 e. The van der Waals surface area contributed by atoms with Crippen molar-refractivity contribution in [1.82, 2.24) is 4.72 Å². The topological polar surface area (TPSA) is 46.2 Å². The molecule has 3 nitrogen and oxygen atoms in total. The second-order valence-electron chi connectivity index (χ2n) is 5.25. The van der Waals surface area contributed by atoms with Crippen LogP contribution >= 0.6 is 0 Å². The van der Waals surface area contributed by atoms with Crippen molar-refractivity contribution in [3.05, 3.63) is 71.5 Å². The van der Waals surface area contributed by atoms with Crippen molar-refractivity contribution >= 4 is 10.0 Å². The van der Waals surface area contributed by atoms with Crippen LogP contribution in [-0.2, 0) is 15.8 Å². The summed E-state index contributed by atoms with van der Waals surface area (Å²) in [6, 6.07) is 15.4. The first-order valence-corrected chi connectivity index (χ1v) is 8.92. The largest absolute Gasteiger partial charge is 0.215 e. The number of halogens is 1. The third-order valence-electron chi connectivity index (χ3n) is 3.58. The van der Waals surface area contributed by atoms with E-state index in [0.29, 0.717) is 12.1 Å². The molecule has 2 aromatic carbocycles. The molecule has 0 fully saturated rings. The van der Waals surface area contributed by atoms with Crippen LogP contribution in [0, 0.1) is 5.82 Å². The zero-order chi connectivity index (χ0) is 16.0. The van der Waals surface area contributed by atoms with E-state index in [0.717, 1.165) is 12.0 Å². The first kappa shape index (κ1) is 16.6. The molecule has 0 spiro atoms.